The molecule has 0 amide bonds. The third kappa shape index (κ3) is 5.74. The van der Waals surface area contributed by atoms with Crippen molar-refractivity contribution in [2.45, 2.75) is 115 Å². The Kier molecular flexibility index (Phi) is 7.23. The van der Waals surface area contributed by atoms with Crippen LogP contribution in [0.3, 0.4) is 0 Å². The zero-order chi connectivity index (χ0) is 25.9. The van der Waals surface area contributed by atoms with Crippen LogP contribution in [0, 0.1) is 0 Å². The van der Waals surface area contributed by atoms with Crippen molar-refractivity contribution in [2.24, 2.45) is 0 Å². The van der Waals surface area contributed by atoms with Crippen LogP contribution in [-0.4, -0.2) is 28.6 Å². The number of phenols is 2. The van der Waals surface area contributed by atoms with Crippen LogP contribution in [0.15, 0.2) is 24.3 Å². The molecule has 2 rings (SSSR count). The molecule has 0 atom stereocenters. The van der Waals surface area contributed by atoms with Crippen molar-refractivity contribution < 1.29 is 10.2 Å². The van der Waals surface area contributed by atoms with Gasteiger partial charge < -0.3 is 0 Å². The van der Waals surface area contributed by atoms with Gasteiger partial charge in [-0.3, -0.25) is 0 Å². The zero-order valence-electron chi connectivity index (χ0n) is 23.7. The van der Waals surface area contributed by atoms with E-state index < -0.39 is 18.4 Å². The van der Waals surface area contributed by atoms with Gasteiger partial charge in [0.1, 0.15) is 0 Å². The van der Waals surface area contributed by atoms with Crippen molar-refractivity contribution in [1.29, 1.82) is 0 Å². The standard InChI is InChI=1S/2C14H21O.2CH3.Sn/c2*1-13(2,3)10-8-7-9-11(12(10)15)14(4,5)6;;;/h2*8-9,15H,1-6H3;2*1H3;. The molecule has 2 aromatic carbocycles. The van der Waals surface area contributed by atoms with E-state index in [1.165, 1.54) is 7.16 Å². The summed E-state index contributed by atoms with van der Waals surface area (Å²) in [5.74, 6) is 0.884. The average Bonchev–Trinajstić information content (AvgIpc) is 2.57. The SMILES string of the molecule is CC(C)(C)c1c[c]([Sn]([CH3])([CH3])[c]2cc(C(C)(C)C)c(O)c(C(C)(C)C)c2)cc(C(C)(C)C)c1O. The van der Waals surface area contributed by atoms with Crippen molar-refractivity contribution in [1.82, 2.24) is 0 Å². The van der Waals surface area contributed by atoms with Gasteiger partial charge in [-0.2, -0.15) is 0 Å². The van der Waals surface area contributed by atoms with E-state index in [2.05, 4.69) is 117 Å². The van der Waals surface area contributed by atoms with Crippen molar-refractivity contribution in [3.05, 3.63) is 46.5 Å². The molecule has 2 aromatic rings. The van der Waals surface area contributed by atoms with Crippen LogP contribution < -0.4 is 7.16 Å². The summed E-state index contributed by atoms with van der Waals surface area (Å²) < 4.78 is 2.78. The molecular formula is C30H48O2Sn. The quantitative estimate of drug-likeness (QED) is 0.385. The van der Waals surface area contributed by atoms with Crippen LogP contribution in [-0.2, 0) is 21.7 Å². The Morgan fingerprint density at radius 3 is 0.788 bits per heavy atom. The van der Waals surface area contributed by atoms with Crippen LogP contribution in [0.1, 0.15) is 105 Å². The molecule has 0 bridgehead atoms. The zero-order valence-corrected chi connectivity index (χ0v) is 26.6. The van der Waals surface area contributed by atoms with E-state index in [-0.39, 0.29) is 21.7 Å². The summed E-state index contributed by atoms with van der Waals surface area (Å²) in [5.41, 5.74) is 3.52. The molecule has 0 aliphatic rings. The van der Waals surface area contributed by atoms with Gasteiger partial charge in [-0.15, -0.1) is 0 Å². The fourth-order valence-corrected chi connectivity index (χ4v) is 11.2. The first-order chi connectivity index (χ1) is 14.5. The fraction of sp³-hybridized carbons (Fsp3) is 0.600. The molecule has 0 unspecified atom stereocenters. The molecule has 0 aliphatic heterocycles. The second-order valence-electron chi connectivity index (χ2n) is 14.5. The molecule has 0 aromatic heterocycles. The monoisotopic (exact) mass is 560 g/mol. The molecular weight excluding hydrogens is 511 g/mol. The molecule has 0 radical (unpaired) electrons. The van der Waals surface area contributed by atoms with Gasteiger partial charge in [0.25, 0.3) is 0 Å². The second-order valence-corrected chi connectivity index (χ2v) is 27.0. The molecule has 33 heavy (non-hydrogen) atoms. The molecule has 184 valence electrons. The number of aromatic hydroxyl groups is 2. The summed E-state index contributed by atoms with van der Waals surface area (Å²) in [6.45, 7) is 26.1. The summed E-state index contributed by atoms with van der Waals surface area (Å²) in [7, 11) is 0. The normalized spacial score (nSPS) is 14.0. The summed E-state index contributed by atoms with van der Waals surface area (Å²) in [6.07, 6.45) is 0. The van der Waals surface area contributed by atoms with E-state index in [0.29, 0.717) is 11.5 Å². The topological polar surface area (TPSA) is 40.5 Å². The average molecular weight is 559 g/mol. The van der Waals surface area contributed by atoms with Crippen molar-refractivity contribution in [3.63, 3.8) is 0 Å². The number of rotatable bonds is 2. The van der Waals surface area contributed by atoms with Gasteiger partial charge in [0, 0.05) is 0 Å². The Morgan fingerprint density at radius 2 is 0.636 bits per heavy atom. The Bertz CT molecular complexity index is 879. The first-order valence-corrected chi connectivity index (χ1v) is 20.8. The molecule has 0 saturated carbocycles. The Labute approximate surface area is 207 Å². The molecule has 0 saturated heterocycles. The molecule has 0 aliphatic carbocycles. The summed E-state index contributed by atoms with van der Waals surface area (Å²) in [6, 6.07) is 9.12. The van der Waals surface area contributed by atoms with E-state index in [1.54, 1.807) is 0 Å². The van der Waals surface area contributed by atoms with Crippen LogP contribution in [0.2, 0.25) is 9.88 Å². The maximum atomic E-state index is 11.2. The fourth-order valence-electron chi connectivity index (χ4n) is 4.44. The number of benzene rings is 2. The molecule has 0 spiro atoms. The number of phenolic OH excluding ortho intramolecular Hbond substituents is 2. The summed E-state index contributed by atoms with van der Waals surface area (Å²) in [5, 5.41) is 22.5. The van der Waals surface area contributed by atoms with E-state index in [0.717, 1.165) is 22.3 Å². The van der Waals surface area contributed by atoms with Gasteiger partial charge in [0.05, 0.1) is 0 Å². The van der Waals surface area contributed by atoms with Crippen molar-refractivity contribution in [3.8, 4) is 11.5 Å². The first-order valence-electron chi connectivity index (χ1n) is 12.3. The Hall–Kier alpha value is -1.16. The summed E-state index contributed by atoms with van der Waals surface area (Å²) in [4.78, 5) is 4.93. The minimum atomic E-state index is -3.11. The van der Waals surface area contributed by atoms with Crippen LogP contribution >= 0.6 is 0 Å². The van der Waals surface area contributed by atoms with Gasteiger partial charge in [0.15, 0.2) is 0 Å². The number of hydrogen-bond acceptors (Lipinski definition) is 2. The predicted octanol–water partition coefficient (Wildman–Crippen LogP) is 7.11. The van der Waals surface area contributed by atoms with Gasteiger partial charge >= 0.3 is 208 Å². The van der Waals surface area contributed by atoms with Crippen LogP contribution in [0.5, 0.6) is 11.5 Å². The van der Waals surface area contributed by atoms with Crippen LogP contribution in [0.25, 0.3) is 0 Å². The second kappa shape index (κ2) is 8.50. The molecule has 2 N–H and O–H groups in total. The van der Waals surface area contributed by atoms with Crippen LogP contribution in [0.4, 0.5) is 0 Å². The minimum absolute atomic E-state index is 0.149. The van der Waals surface area contributed by atoms with Gasteiger partial charge in [0.2, 0.25) is 0 Å². The van der Waals surface area contributed by atoms with E-state index >= 15 is 0 Å². The molecule has 0 heterocycles. The van der Waals surface area contributed by atoms with E-state index in [9.17, 15) is 10.2 Å². The van der Waals surface area contributed by atoms with Gasteiger partial charge in [-0.05, 0) is 0 Å². The van der Waals surface area contributed by atoms with Gasteiger partial charge in [-0.1, -0.05) is 0 Å². The summed E-state index contributed by atoms with van der Waals surface area (Å²) >= 11 is -3.11. The molecule has 0 fully saturated rings. The number of hydrogen-bond donors (Lipinski definition) is 2. The van der Waals surface area contributed by atoms with E-state index in [4.69, 9.17) is 0 Å². The third-order valence-corrected chi connectivity index (χ3v) is 16.8. The third-order valence-electron chi connectivity index (χ3n) is 6.90. The van der Waals surface area contributed by atoms with Gasteiger partial charge in [-0.25, -0.2) is 0 Å². The maximum absolute atomic E-state index is 11.2. The molecule has 3 heteroatoms. The van der Waals surface area contributed by atoms with Crippen molar-refractivity contribution >= 4 is 25.5 Å². The predicted molar refractivity (Wildman–Crippen MR) is 148 cm³/mol. The van der Waals surface area contributed by atoms with Crippen molar-refractivity contribution in [2.75, 3.05) is 0 Å². The van der Waals surface area contributed by atoms with E-state index in [1.807, 2.05) is 0 Å². The Balaban J connectivity index is 2.95. The molecule has 2 nitrogen and oxygen atoms in total. The first kappa shape index (κ1) is 28.1. The Morgan fingerprint density at radius 1 is 0.455 bits per heavy atom.